The lowest BCUT2D eigenvalue weighted by atomic mass is 10.0. The van der Waals surface area contributed by atoms with Crippen LogP contribution in [0.5, 0.6) is 0 Å². The fourth-order valence-corrected chi connectivity index (χ4v) is 3.15. The van der Waals surface area contributed by atoms with E-state index in [9.17, 15) is 5.26 Å². The molecule has 1 aliphatic carbocycles. The fourth-order valence-electron chi connectivity index (χ4n) is 2.88. The maximum Gasteiger partial charge on any atom is 0.150 e. The molecule has 5 heteroatoms. The lowest BCUT2D eigenvalue weighted by Gasteiger charge is -2.05. The zero-order valence-electron chi connectivity index (χ0n) is 11.4. The largest absolute Gasteiger partial charge is 0.220 e. The quantitative estimate of drug-likeness (QED) is 0.843. The average Bonchev–Trinajstić information content (AvgIpc) is 3.14. The van der Waals surface area contributed by atoms with Crippen molar-refractivity contribution in [3.63, 3.8) is 0 Å². The SMILES string of the molecule is N#Cc1cccc(-n2nc(C3CCCC3)c(C#N)c2Cl)c1. The number of rotatable bonds is 2. The normalized spacial score (nSPS) is 14.8. The number of hydrogen-bond acceptors (Lipinski definition) is 3. The monoisotopic (exact) mass is 296 g/mol. The van der Waals surface area contributed by atoms with Crippen LogP contribution in [0.25, 0.3) is 5.69 Å². The molecule has 0 N–H and O–H groups in total. The van der Waals surface area contributed by atoms with Gasteiger partial charge in [0.15, 0.2) is 5.15 Å². The molecular weight excluding hydrogens is 284 g/mol. The molecule has 0 aliphatic heterocycles. The summed E-state index contributed by atoms with van der Waals surface area (Å²) in [7, 11) is 0. The number of benzene rings is 1. The minimum atomic E-state index is 0.317. The summed E-state index contributed by atoms with van der Waals surface area (Å²) < 4.78 is 1.56. The van der Waals surface area contributed by atoms with E-state index in [1.165, 1.54) is 12.8 Å². The van der Waals surface area contributed by atoms with E-state index in [0.29, 0.717) is 27.9 Å². The number of nitriles is 2. The second-order valence-corrected chi connectivity index (χ2v) is 5.58. The van der Waals surface area contributed by atoms with Gasteiger partial charge < -0.3 is 0 Å². The molecule has 2 aromatic rings. The maximum atomic E-state index is 9.38. The molecule has 1 aromatic heterocycles. The molecule has 0 bridgehead atoms. The molecule has 4 nitrogen and oxygen atoms in total. The zero-order valence-corrected chi connectivity index (χ0v) is 12.1. The second kappa shape index (κ2) is 5.60. The second-order valence-electron chi connectivity index (χ2n) is 5.22. The first-order valence-electron chi connectivity index (χ1n) is 6.93. The number of nitrogens with zero attached hydrogens (tertiary/aromatic N) is 4. The summed E-state index contributed by atoms with van der Waals surface area (Å²) >= 11 is 6.33. The third kappa shape index (κ3) is 2.39. The summed E-state index contributed by atoms with van der Waals surface area (Å²) in [5.41, 5.74) is 2.51. The van der Waals surface area contributed by atoms with Crippen LogP contribution in [0, 0.1) is 22.7 Å². The topological polar surface area (TPSA) is 65.4 Å². The lowest BCUT2D eigenvalue weighted by Crippen LogP contribution is -2.00. The van der Waals surface area contributed by atoms with Crippen LogP contribution < -0.4 is 0 Å². The van der Waals surface area contributed by atoms with E-state index in [1.54, 1.807) is 22.9 Å². The van der Waals surface area contributed by atoms with E-state index in [4.69, 9.17) is 16.9 Å². The molecule has 0 radical (unpaired) electrons. The predicted molar refractivity (Wildman–Crippen MR) is 79.2 cm³/mol. The van der Waals surface area contributed by atoms with Gasteiger partial charge in [0.2, 0.25) is 0 Å². The average molecular weight is 297 g/mol. The molecule has 1 fully saturated rings. The molecule has 0 amide bonds. The first-order chi connectivity index (χ1) is 10.2. The minimum absolute atomic E-state index is 0.317. The van der Waals surface area contributed by atoms with Gasteiger partial charge in [-0.1, -0.05) is 30.5 Å². The Balaban J connectivity index is 2.11. The van der Waals surface area contributed by atoms with E-state index in [-0.39, 0.29) is 0 Å². The van der Waals surface area contributed by atoms with Gasteiger partial charge in [-0.2, -0.15) is 15.6 Å². The Hall–Kier alpha value is -2.30. The highest BCUT2D eigenvalue weighted by atomic mass is 35.5. The highest BCUT2D eigenvalue weighted by Gasteiger charge is 2.26. The Kier molecular flexibility index (Phi) is 3.64. The van der Waals surface area contributed by atoms with Gasteiger partial charge in [-0.15, -0.1) is 0 Å². The fraction of sp³-hybridized carbons (Fsp3) is 0.312. The van der Waals surface area contributed by atoms with Crippen molar-refractivity contribution in [3.8, 4) is 17.8 Å². The lowest BCUT2D eigenvalue weighted by molar-refractivity contribution is 0.677. The van der Waals surface area contributed by atoms with Gasteiger partial charge in [0.25, 0.3) is 0 Å². The summed E-state index contributed by atoms with van der Waals surface area (Å²) in [4.78, 5) is 0. The van der Waals surface area contributed by atoms with Crippen molar-refractivity contribution >= 4 is 11.6 Å². The van der Waals surface area contributed by atoms with Crippen LogP contribution in [-0.4, -0.2) is 9.78 Å². The van der Waals surface area contributed by atoms with Crippen molar-refractivity contribution in [2.24, 2.45) is 0 Å². The van der Waals surface area contributed by atoms with E-state index >= 15 is 0 Å². The standard InChI is InChI=1S/C16H13ClN4/c17-16-14(10-19)15(12-5-1-2-6-12)20-21(16)13-7-3-4-11(8-13)9-18/h3-4,7-8,12H,1-2,5-6H2. The molecule has 0 spiro atoms. The van der Waals surface area contributed by atoms with Gasteiger partial charge in [0.1, 0.15) is 11.6 Å². The van der Waals surface area contributed by atoms with Gasteiger partial charge in [-0.25, -0.2) is 4.68 Å². The Morgan fingerprint density at radius 3 is 2.62 bits per heavy atom. The smallest absolute Gasteiger partial charge is 0.150 e. The van der Waals surface area contributed by atoms with Gasteiger partial charge in [0.05, 0.1) is 23.0 Å². The molecule has 0 unspecified atom stereocenters. The van der Waals surface area contributed by atoms with Crippen molar-refractivity contribution < 1.29 is 0 Å². The van der Waals surface area contributed by atoms with Crippen molar-refractivity contribution in [2.75, 3.05) is 0 Å². The van der Waals surface area contributed by atoms with E-state index in [1.807, 2.05) is 6.07 Å². The molecule has 104 valence electrons. The van der Waals surface area contributed by atoms with Crippen molar-refractivity contribution in [1.29, 1.82) is 10.5 Å². The third-order valence-electron chi connectivity index (χ3n) is 3.93. The Morgan fingerprint density at radius 1 is 1.19 bits per heavy atom. The van der Waals surface area contributed by atoms with Crippen LogP contribution in [0.2, 0.25) is 5.15 Å². The van der Waals surface area contributed by atoms with Crippen molar-refractivity contribution in [1.82, 2.24) is 9.78 Å². The molecule has 1 saturated carbocycles. The van der Waals surface area contributed by atoms with Crippen molar-refractivity contribution in [2.45, 2.75) is 31.6 Å². The first-order valence-corrected chi connectivity index (χ1v) is 7.31. The number of halogens is 1. The number of hydrogen-bond donors (Lipinski definition) is 0. The third-order valence-corrected chi connectivity index (χ3v) is 4.28. The summed E-state index contributed by atoms with van der Waals surface area (Å²) in [6.45, 7) is 0. The van der Waals surface area contributed by atoms with Gasteiger partial charge in [-0.05, 0) is 31.0 Å². The van der Waals surface area contributed by atoms with E-state index < -0.39 is 0 Å². The van der Waals surface area contributed by atoms with Crippen LogP contribution in [-0.2, 0) is 0 Å². The van der Waals surface area contributed by atoms with Crippen LogP contribution in [0.15, 0.2) is 24.3 Å². The van der Waals surface area contributed by atoms with Crippen LogP contribution in [0.1, 0.15) is 48.4 Å². The van der Waals surface area contributed by atoms with E-state index in [2.05, 4.69) is 17.2 Å². The molecule has 1 aliphatic rings. The van der Waals surface area contributed by atoms with Crippen LogP contribution in [0.3, 0.4) is 0 Å². The van der Waals surface area contributed by atoms with Crippen LogP contribution in [0.4, 0.5) is 0 Å². The Morgan fingerprint density at radius 2 is 1.95 bits per heavy atom. The van der Waals surface area contributed by atoms with Gasteiger partial charge >= 0.3 is 0 Å². The molecule has 1 heterocycles. The zero-order chi connectivity index (χ0) is 14.8. The first kappa shape index (κ1) is 13.7. The van der Waals surface area contributed by atoms with Crippen LogP contribution >= 0.6 is 11.6 Å². The minimum Gasteiger partial charge on any atom is -0.220 e. The molecule has 3 rings (SSSR count). The summed E-state index contributed by atoms with van der Waals surface area (Å²) in [5, 5.41) is 23.3. The molecular formula is C16H13ClN4. The molecule has 0 atom stereocenters. The summed E-state index contributed by atoms with van der Waals surface area (Å²) in [6.07, 6.45) is 4.45. The molecule has 1 aromatic carbocycles. The molecule has 0 saturated heterocycles. The predicted octanol–water partition coefficient (Wildman–Crippen LogP) is 3.93. The summed E-state index contributed by atoms with van der Waals surface area (Å²) in [6, 6.07) is 11.3. The van der Waals surface area contributed by atoms with Gasteiger partial charge in [-0.3, -0.25) is 0 Å². The van der Waals surface area contributed by atoms with Crippen molar-refractivity contribution in [3.05, 3.63) is 46.2 Å². The highest BCUT2D eigenvalue weighted by Crippen LogP contribution is 2.37. The summed E-state index contributed by atoms with van der Waals surface area (Å²) in [5.74, 6) is 0.317. The highest BCUT2D eigenvalue weighted by molar-refractivity contribution is 6.31. The number of aromatic nitrogens is 2. The maximum absolute atomic E-state index is 9.38. The Bertz CT molecular complexity index is 758. The van der Waals surface area contributed by atoms with Gasteiger partial charge in [0, 0.05) is 5.92 Å². The Labute approximate surface area is 128 Å². The molecule has 21 heavy (non-hydrogen) atoms. The van der Waals surface area contributed by atoms with E-state index in [0.717, 1.165) is 18.5 Å².